The Kier molecular flexibility index (Phi) is 3.77. The molecule has 0 radical (unpaired) electrons. The van der Waals surface area contributed by atoms with Crippen molar-refractivity contribution in [2.75, 3.05) is 0 Å². The summed E-state index contributed by atoms with van der Waals surface area (Å²) in [5.74, 6) is 4.89. The standard InChI is InChI=1S/C16H14BrN3O/c17-14-4-5-15-12(9-14)6-7-20(15)10-11-2-1-3-13(8-11)16(21)19-18/h1-9H,10,18H2,(H,19,21). The molecule has 3 rings (SSSR count). The molecule has 3 aromatic rings. The summed E-state index contributed by atoms with van der Waals surface area (Å²) in [5, 5.41) is 1.18. The van der Waals surface area contributed by atoms with Crippen LogP contribution in [0.1, 0.15) is 15.9 Å². The van der Waals surface area contributed by atoms with Crippen molar-refractivity contribution in [3.05, 3.63) is 70.3 Å². The Morgan fingerprint density at radius 3 is 2.86 bits per heavy atom. The number of rotatable bonds is 3. The van der Waals surface area contributed by atoms with Gasteiger partial charge < -0.3 is 4.57 Å². The van der Waals surface area contributed by atoms with Crippen molar-refractivity contribution < 1.29 is 4.79 Å². The first-order valence-electron chi connectivity index (χ1n) is 6.51. The molecule has 0 aliphatic rings. The minimum Gasteiger partial charge on any atom is -0.343 e. The Morgan fingerprint density at radius 2 is 2.05 bits per heavy atom. The largest absolute Gasteiger partial charge is 0.343 e. The van der Waals surface area contributed by atoms with Crippen LogP contribution in [-0.4, -0.2) is 10.5 Å². The average Bonchev–Trinajstić information content (AvgIpc) is 2.89. The van der Waals surface area contributed by atoms with Crippen LogP contribution in [0.25, 0.3) is 10.9 Å². The predicted molar refractivity (Wildman–Crippen MR) is 86.8 cm³/mol. The normalized spacial score (nSPS) is 10.8. The van der Waals surface area contributed by atoms with Crippen molar-refractivity contribution >= 4 is 32.7 Å². The lowest BCUT2D eigenvalue weighted by Crippen LogP contribution is -2.30. The van der Waals surface area contributed by atoms with Crippen molar-refractivity contribution in [3.63, 3.8) is 0 Å². The van der Waals surface area contributed by atoms with Crippen LogP contribution in [0.3, 0.4) is 0 Å². The predicted octanol–water partition coefficient (Wildman–Crippen LogP) is 3.06. The van der Waals surface area contributed by atoms with Crippen LogP contribution in [0.4, 0.5) is 0 Å². The Bertz CT molecular complexity index is 810. The molecular weight excluding hydrogens is 330 g/mol. The maximum atomic E-state index is 11.6. The second-order valence-electron chi connectivity index (χ2n) is 4.82. The maximum absolute atomic E-state index is 11.6. The van der Waals surface area contributed by atoms with Crippen molar-refractivity contribution in [2.24, 2.45) is 5.84 Å². The Hall–Kier alpha value is -2.11. The quantitative estimate of drug-likeness (QED) is 0.436. The Labute approximate surface area is 130 Å². The summed E-state index contributed by atoms with van der Waals surface area (Å²) < 4.78 is 3.22. The number of nitrogens with two attached hydrogens (primary N) is 1. The number of carbonyl (C=O) groups is 1. The molecular formula is C16H14BrN3O. The van der Waals surface area contributed by atoms with E-state index in [0.29, 0.717) is 12.1 Å². The third kappa shape index (κ3) is 2.84. The highest BCUT2D eigenvalue weighted by Crippen LogP contribution is 2.22. The zero-order valence-electron chi connectivity index (χ0n) is 11.2. The minimum atomic E-state index is -0.279. The van der Waals surface area contributed by atoms with E-state index in [1.165, 1.54) is 5.39 Å². The molecule has 2 aromatic carbocycles. The van der Waals surface area contributed by atoms with Gasteiger partial charge in [0.05, 0.1) is 0 Å². The van der Waals surface area contributed by atoms with E-state index < -0.39 is 0 Å². The van der Waals surface area contributed by atoms with E-state index in [1.54, 1.807) is 6.07 Å². The second-order valence-corrected chi connectivity index (χ2v) is 5.74. The molecule has 21 heavy (non-hydrogen) atoms. The van der Waals surface area contributed by atoms with Crippen LogP contribution in [0.5, 0.6) is 0 Å². The lowest BCUT2D eigenvalue weighted by atomic mass is 10.1. The number of nitrogen functional groups attached to an aromatic ring is 1. The molecule has 0 aliphatic heterocycles. The highest BCUT2D eigenvalue weighted by Gasteiger charge is 2.06. The van der Waals surface area contributed by atoms with Gasteiger partial charge in [-0.05, 0) is 42.0 Å². The van der Waals surface area contributed by atoms with Crippen LogP contribution in [0, 0.1) is 0 Å². The fourth-order valence-electron chi connectivity index (χ4n) is 2.40. The Balaban J connectivity index is 1.93. The average molecular weight is 344 g/mol. The third-order valence-electron chi connectivity index (χ3n) is 3.41. The number of hydrazine groups is 1. The van der Waals surface area contributed by atoms with E-state index in [2.05, 4.69) is 44.1 Å². The number of hydrogen-bond acceptors (Lipinski definition) is 2. The summed E-state index contributed by atoms with van der Waals surface area (Å²) in [6.07, 6.45) is 2.05. The molecule has 3 N–H and O–H groups in total. The van der Waals surface area contributed by atoms with Gasteiger partial charge >= 0.3 is 0 Å². The zero-order valence-corrected chi connectivity index (χ0v) is 12.8. The number of nitrogens with zero attached hydrogens (tertiary/aromatic N) is 1. The number of benzene rings is 2. The van der Waals surface area contributed by atoms with Gasteiger partial charge in [0.1, 0.15) is 0 Å². The van der Waals surface area contributed by atoms with Gasteiger partial charge in [-0.2, -0.15) is 0 Å². The molecule has 5 heteroatoms. The first-order valence-corrected chi connectivity index (χ1v) is 7.31. The lowest BCUT2D eigenvalue weighted by molar-refractivity contribution is 0.0953. The van der Waals surface area contributed by atoms with Gasteiger partial charge in [-0.1, -0.05) is 28.1 Å². The lowest BCUT2D eigenvalue weighted by Gasteiger charge is -2.07. The highest BCUT2D eigenvalue weighted by molar-refractivity contribution is 9.10. The van der Waals surface area contributed by atoms with E-state index >= 15 is 0 Å². The van der Waals surface area contributed by atoms with E-state index in [4.69, 9.17) is 5.84 Å². The minimum absolute atomic E-state index is 0.279. The van der Waals surface area contributed by atoms with E-state index in [0.717, 1.165) is 15.6 Å². The van der Waals surface area contributed by atoms with Crippen LogP contribution in [0.15, 0.2) is 59.2 Å². The van der Waals surface area contributed by atoms with Crippen LogP contribution in [-0.2, 0) is 6.54 Å². The summed E-state index contributed by atoms with van der Waals surface area (Å²) in [4.78, 5) is 11.6. The zero-order chi connectivity index (χ0) is 14.8. The molecule has 0 unspecified atom stereocenters. The van der Waals surface area contributed by atoms with Crippen molar-refractivity contribution in [1.82, 2.24) is 9.99 Å². The van der Waals surface area contributed by atoms with Crippen molar-refractivity contribution in [3.8, 4) is 0 Å². The monoisotopic (exact) mass is 343 g/mol. The fraction of sp³-hybridized carbons (Fsp3) is 0.0625. The van der Waals surface area contributed by atoms with Crippen molar-refractivity contribution in [1.29, 1.82) is 0 Å². The molecule has 0 bridgehead atoms. The maximum Gasteiger partial charge on any atom is 0.265 e. The first-order chi connectivity index (χ1) is 10.2. The molecule has 0 saturated carbocycles. The third-order valence-corrected chi connectivity index (χ3v) is 3.90. The number of aromatic nitrogens is 1. The summed E-state index contributed by atoms with van der Waals surface area (Å²) in [7, 11) is 0. The summed E-state index contributed by atoms with van der Waals surface area (Å²) >= 11 is 3.48. The second kappa shape index (κ2) is 5.71. The van der Waals surface area contributed by atoms with Gasteiger partial charge in [0.25, 0.3) is 5.91 Å². The molecule has 1 aromatic heterocycles. The van der Waals surface area contributed by atoms with Crippen LogP contribution in [0.2, 0.25) is 0 Å². The van der Waals surface area contributed by atoms with E-state index in [9.17, 15) is 4.79 Å². The van der Waals surface area contributed by atoms with Gasteiger partial charge in [0.2, 0.25) is 0 Å². The molecule has 0 aliphatic carbocycles. The van der Waals surface area contributed by atoms with Gasteiger partial charge in [0.15, 0.2) is 0 Å². The van der Waals surface area contributed by atoms with Crippen LogP contribution < -0.4 is 11.3 Å². The summed E-state index contributed by atoms with van der Waals surface area (Å²) in [6.45, 7) is 0.705. The first kappa shape index (κ1) is 13.9. The fourth-order valence-corrected chi connectivity index (χ4v) is 2.78. The van der Waals surface area contributed by atoms with Crippen molar-refractivity contribution in [2.45, 2.75) is 6.54 Å². The van der Waals surface area contributed by atoms with Gasteiger partial charge in [-0.3, -0.25) is 10.2 Å². The molecule has 0 spiro atoms. The number of nitrogens with one attached hydrogen (secondary N) is 1. The van der Waals surface area contributed by atoms with Gasteiger partial charge in [0, 0.05) is 33.7 Å². The smallest absolute Gasteiger partial charge is 0.265 e. The number of amides is 1. The number of halogens is 1. The molecule has 1 heterocycles. The molecule has 0 atom stereocenters. The molecule has 106 valence electrons. The topological polar surface area (TPSA) is 60.0 Å². The number of carbonyl (C=O) groups excluding carboxylic acids is 1. The van der Waals surface area contributed by atoms with Gasteiger partial charge in [-0.15, -0.1) is 0 Å². The highest BCUT2D eigenvalue weighted by atomic mass is 79.9. The molecule has 1 amide bonds. The summed E-state index contributed by atoms with van der Waals surface area (Å²) in [6, 6.07) is 15.7. The van der Waals surface area contributed by atoms with Gasteiger partial charge in [-0.25, -0.2) is 5.84 Å². The van der Waals surface area contributed by atoms with E-state index in [-0.39, 0.29) is 5.91 Å². The molecule has 0 fully saturated rings. The van der Waals surface area contributed by atoms with Crippen LogP contribution >= 0.6 is 15.9 Å². The SMILES string of the molecule is NNC(=O)c1cccc(Cn2ccc3cc(Br)ccc32)c1. The Morgan fingerprint density at radius 1 is 1.19 bits per heavy atom. The molecule has 0 saturated heterocycles. The van der Waals surface area contributed by atoms with E-state index in [1.807, 2.05) is 30.5 Å². The number of fused-ring (bicyclic) bond motifs is 1. The molecule has 4 nitrogen and oxygen atoms in total. The summed E-state index contributed by atoms with van der Waals surface area (Å²) in [5.41, 5.74) is 4.93. The number of hydrogen-bond donors (Lipinski definition) is 2.